The van der Waals surface area contributed by atoms with E-state index >= 15 is 0 Å². The summed E-state index contributed by atoms with van der Waals surface area (Å²) >= 11 is 0. The van der Waals surface area contributed by atoms with Gasteiger partial charge in [0, 0.05) is 6.04 Å². The van der Waals surface area contributed by atoms with E-state index in [1.54, 1.807) is 0 Å². The molecule has 0 bridgehead atoms. The minimum atomic E-state index is 0.583. The van der Waals surface area contributed by atoms with Gasteiger partial charge in [-0.25, -0.2) is 0 Å². The van der Waals surface area contributed by atoms with Gasteiger partial charge in [-0.3, -0.25) is 0 Å². The van der Waals surface area contributed by atoms with Gasteiger partial charge >= 0.3 is 0 Å². The van der Waals surface area contributed by atoms with Gasteiger partial charge in [-0.15, -0.1) is 0 Å². The second kappa shape index (κ2) is 6.41. The topological polar surface area (TPSA) is 12.0 Å². The molecular formula is C17H33N. The molecule has 106 valence electrons. The Morgan fingerprint density at radius 2 is 1.67 bits per heavy atom. The molecule has 2 fully saturated rings. The fourth-order valence-electron chi connectivity index (χ4n) is 4.49. The van der Waals surface area contributed by atoms with Crippen LogP contribution in [0.25, 0.3) is 0 Å². The summed E-state index contributed by atoms with van der Waals surface area (Å²) in [7, 11) is 0. The molecule has 0 aromatic heterocycles. The van der Waals surface area contributed by atoms with Crippen LogP contribution in [-0.4, -0.2) is 12.6 Å². The molecule has 0 heterocycles. The summed E-state index contributed by atoms with van der Waals surface area (Å²) in [6.45, 7) is 8.43. The zero-order chi connectivity index (χ0) is 13.0. The average molecular weight is 251 g/mol. The van der Waals surface area contributed by atoms with E-state index in [2.05, 4.69) is 26.1 Å². The molecule has 2 aliphatic rings. The van der Waals surface area contributed by atoms with Crippen LogP contribution in [0.4, 0.5) is 0 Å². The Morgan fingerprint density at radius 1 is 1.06 bits per heavy atom. The number of rotatable bonds is 4. The van der Waals surface area contributed by atoms with Crippen molar-refractivity contribution in [3.8, 4) is 0 Å². The zero-order valence-corrected chi connectivity index (χ0v) is 12.8. The van der Waals surface area contributed by atoms with E-state index in [4.69, 9.17) is 0 Å². The second-order valence-electron chi connectivity index (χ2n) is 7.27. The third kappa shape index (κ3) is 3.29. The Bertz CT molecular complexity index is 234. The van der Waals surface area contributed by atoms with E-state index in [-0.39, 0.29) is 0 Å². The predicted octanol–water partition coefficient (Wildman–Crippen LogP) is 4.76. The maximum Gasteiger partial charge on any atom is 0.0149 e. The Morgan fingerprint density at radius 3 is 2.22 bits per heavy atom. The lowest BCUT2D eigenvalue weighted by Gasteiger charge is -2.46. The van der Waals surface area contributed by atoms with Crippen LogP contribution < -0.4 is 5.32 Å². The van der Waals surface area contributed by atoms with Crippen LogP contribution in [0.3, 0.4) is 0 Å². The standard InChI is InChI=1S/C17H33N/c1-4-18-16(15-10-8-14(2)9-11-15)17(3)12-6-5-7-13-17/h14-16,18H,4-13H2,1-3H3. The molecule has 1 unspecified atom stereocenters. The van der Waals surface area contributed by atoms with Crippen molar-refractivity contribution in [2.75, 3.05) is 6.54 Å². The van der Waals surface area contributed by atoms with Crippen molar-refractivity contribution in [3.05, 3.63) is 0 Å². The van der Waals surface area contributed by atoms with E-state index in [1.165, 1.54) is 57.8 Å². The molecule has 2 aliphatic carbocycles. The molecule has 0 saturated heterocycles. The van der Waals surface area contributed by atoms with Crippen molar-refractivity contribution in [2.24, 2.45) is 17.3 Å². The normalized spacial score (nSPS) is 34.2. The van der Waals surface area contributed by atoms with E-state index in [9.17, 15) is 0 Å². The first kappa shape index (κ1) is 14.4. The van der Waals surface area contributed by atoms with Crippen LogP contribution in [0.2, 0.25) is 0 Å². The lowest BCUT2D eigenvalue weighted by atomic mass is 9.64. The third-order valence-electron chi connectivity index (χ3n) is 5.70. The molecule has 1 heteroatoms. The van der Waals surface area contributed by atoms with Crippen LogP contribution in [0, 0.1) is 17.3 Å². The van der Waals surface area contributed by atoms with Gasteiger partial charge in [0.05, 0.1) is 0 Å². The van der Waals surface area contributed by atoms with Crippen LogP contribution in [0.15, 0.2) is 0 Å². The lowest BCUT2D eigenvalue weighted by Crippen LogP contribution is -2.50. The van der Waals surface area contributed by atoms with E-state index in [0.717, 1.165) is 24.4 Å². The van der Waals surface area contributed by atoms with Gasteiger partial charge in [-0.05, 0) is 49.5 Å². The van der Waals surface area contributed by atoms with Gasteiger partial charge in [0.2, 0.25) is 0 Å². The lowest BCUT2D eigenvalue weighted by molar-refractivity contribution is 0.0796. The van der Waals surface area contributed by atoms with E-state index in [0.29, 0.717) is 5.41 Å². The highest BCUT2D eigenvalue weighted by atomic mass is 14.9. The maximum atomic E-state index is 3.88. The minimum absolute atomic E-state index is 0.583. The second-order valence-corrected chi connectivity index (χ2v) is 7.27. The van der Waals surface area contributed by atoms with Crippen molar-refractivity contribution in [2.45, 2.75) is 84.6 Å². The maximum absolute atomic E-state index is 3.88. The molecule has 0 radical (unpaired) electrons. The molecular weight excluding hydrogens is 218 g/mol. The Hall–Kier alpha value is -0.0400. The monoisotopic (exact) mass is 251 g/mol. The molecule has 0 aliphatic heterocycles. The highest BCUT2D eigenvalue weighted by Gasteiger charge is 2.40. The zero-order valence-electron chi connectivity index (χ0n) is 12.8. The largest absolute Gasteiger partial charge is 0.313 e. The first-order chi connectivity index (χ1) is 8.65. The molecule has 1 atom stereocenters. The van der Waals surface area contributed by atoms with Gasteiger partial charge < -0.3 is 5.32 Å². The minimum Gasteiger partial charge on any atom is -0.313 e. The third-order valence-corrected chi connectivity index (χ3v) is 5.70. The summed E-state index contributed by atoms with van der Waals surface area (Å²) in [6, 6.07) is 0.787. The van der Waals surface area contributed by atoms with E-state index in [1.807, 2.05) is 0 Å². The highest BCUT2D eigenvalue weighted by molar-refractivity contribution is 4.95. The fourth-order valence-corrected chi connectivity index (χ4v) is 4.49. The van der Waals surface area contributed by atoms with Gasteiger partial charge in [-0.2, -0.15) is 0 Å². The van der Waals surface area contributed by atoms with Crippen molar-refractivity contribution in [1.29, 1.82) is 0 Å². The predicted molar refractivity (Wildman–Crippen MR) is 79.8 cm³/mol. The first-order valence-electron chi connectivity index (χ1n) is 8.39. The van der Waals surface area contributed by atoms with Crippen LogP contribution in [-0.2, 0) is 0 Å². The number of hydrogen-bond acceptors (Lipinski definition) is 1. The summed E-state index contributed by atoms with van der Waals surface area (Å²) in [5, 5.41) is 3.88. The van der Waals surface area contributed by atoms with E-state index < -0.39 is 0 Å². The number of nitrogens with one attached hydrogen (secondary N) is 1. The molecule has 2 rings (SSSR count). The molecule has 18 heavy (non-hydrogen) atoms. The molecule has 0 amide bonds. The number of hydrogen-bond donors (Lipinski definition) is 1. The summed E-state index contributed by atoms with van der Waals surface area (Å²) in [5.74, 6) is 1.92. The van der Waals surface area contributed by atoms with Crippen molar-refractivity contribution < 1.29 is 0 Å². The quantitative estimate of drug-likeness (QED) is 0.759. The van der Waals surface area contributed by atoms with Crippen LogP contribution >= 0.6 is 0 Å². The highest BCUT2D eigenvalue weighted by Crippen LogP contribution is 2.44. The Balaban J connectivity index is 2.02. The van der Waals surface area contributed by atoms with Gasteiger partial charge in [0.25, 0.3) is 0 Å². The Kier molecular flexibility index (Phi) is 5.12. The molecule has 1 N–H and O–H groups in total. The Labute approximate surface area is 114 Å². The molecule has 0 aromatic carbocycles. The average Bonchev–Trinajstić information content (AvgIpc) is 2.38. The molecule has 1 nitrogen and oxygen atoms in total. The van der Waals surface area contributed by atoms with Crippen molar-refractivity contribution in [3.63, 3.8) is 0 Å². The molecule has 0 aromatic rings. The van der Waals surface area contributed by atoms with Gasteiger partial charge in [-0.1, -0.05) is 52.9 Å². The summed E-state index contributed by atoms with van der Waals surface area (Å²) < 4.78 is 0. The van der Waals surface area contributed by atoms with Crippen LogP contribution in [0.1, 0.15) is 78.6 Å². The SMILES string of the molecule is CCNC(C1CCC(C)CC1)C1(C)CCCCC1. The smallest absolute Gasteiger partial charge is 0.0149 e. The van der Waals surface area contributed by atoms with Gasteiger partial charge in [0.1, 0.15) is 0 Å². The summed E-state index contributed by atoms with van der Waals surface area (Å²) in [5.41, 5.74) is 0.583. The molecule has 0 spiro atoms. The van der Waals surface area contributed by atoms with Crippen molar-refractivity contribution >= 4 is 0 Å². The van der Waals surface area contributed by atoms with Crippen LogP contribution in [0.5, 0.6) is 0 Å². The summed E-state index contributed by atoms with van der Waals surface area (Å²) in [4.78, 5) is 0. The van der Waals surface area contributed by atoms with Gasteiger partial charge in [0.15, 0.2) is 0 Å². The summed E-state index contributed by atoms with van der Waals surface area (Å²) in [6.07, 6.45) is 13.2. The fraction of sp³-hybridized carbons (Fsp3) is 1.00. The van der Waals surface area contributed by atoms with Crippen molar-refractivity contribution in [1.82, 2.24) is 5.32 Å². The molecule has 2 saturated carbocycles. The first-order valence-corrected chi connectivity index (χ1v) is 8.39.